The summed E-state index contributed by atoms with van der Waals surface area (Å²) in [6.45, 7) is 0. The van der Waals surface area contributed by atoms with Crippen LogP contribution in [0.2, 0.25) is 5.02 Å². The van der Waals surface area contributed by atoms with Gasteiger partial charge in [0.15, 0.2) is 0 Å². The van der Waals surface area contributed by atoms with Crippen LogP contribution in [-0.4, -0.2) is 39.1 Å². The highest BCUT2D eigenvalue weighted by Gasteiger charge is 2.18. The van der Waals surface area contributed by atoms with Gasteiger partial charge in [-0.05, 0) is 18.2 Å². The summed E-state index contributed by atoms with van der Waals surface area (Å²) in [7, 11) is 4.06. The van der Waals surface area contributed by atoms with E-state index in [1.165, 1.54) is 51.7 Å². The molecule has 0 aromatic heterocycles. The van der Waals surface area contributed by atoms with E-state index in [0.29, 0.717) is 5.75 Å². The highest BCUT2D eigenvalue weighted by atomic mass is 35.5. The average Bonchev–Trinajstić information content (AvgIpc) is 2.68. The monoisotopic (exact) mass is 392 g/mol. The molecule has 0 aliphatic heterocycles. The third-order valence-electron chi connectivity index (χ3n) is 3.47. The van der Waals surface area contributed by atoms with E-state index in [1.807, 2.05) is 0 Å². The molecule has 2 aromatic carbocycles. The number of anilines is 2. The molecule has 0 saturated heterocycles. The van der Waals surface area contributed by atoms with Crippen molar-refractivity contribution in [3.05, 3.63) is 47.0 Å². The van der Waals surface area contributed by atoms with Crippen LogP contribution < -0.4 is 20.1 Å². The normalized spacial score (nSPS) is 9.93. The molecule has 0 unspecified atom stereocenters. The van der Waals surface area contributed by atoms with Crippen molar-refractivity contribution in [1.82, 2.24) is 0 Å². The van der Waals surface area contributed by atoms with Crippen molar-refractivity contribution in [1.29, 1.82) is 0 Å². The Morgan fingerprint density at radius 3 is 2.19 bits per heavy atom. The lowest BCUT2D eigenvalue weighted by atomic mass is 10.2. The number of nitrogens with one attached hydrogen (secondary N) is 2. The molecule has 0 radical (unpaired) electrons. The molecule has 0 saturated carbocycles. The smallest absolute Gasteiger partial charge is 0.337 e. The van der Waals surface area contributed by atoms with E-state index < -0.39 is 17.8 Å². The van der Waals surface area contributed by atoms with Gasteiger partial charge in [0, 0.05) is 17.8 Å². The first kappa shape index (κ1) is 20.1. The summed E-state index contributed by atoms with van der Waals surface area (Å²) < 4.78 is 14.8. The lowest BCUT2D eigenvalue weighted by Crippen LogP contribution is -2.29. The van der Waals surface area contributed by atoms with Crippen LogP contribution in [0.4, 0.5) is 11.4 Å². The van der Waals surface area contributed by atoms with E-state index in [-0.39, 0.29) is 27.7 Å². The van der Waals surface area contributed by atoms with Crippen molar-refractivity contribution in [2.24, 2.45) is 0 Å². The fourth-order valence-corrected chi connectivity index (χ4v) is 2.40. The molecule has 0 fully saturated rings. The second-order valence-corrected chi connectivity index (χ2v) is 5.57. The molecule has 2 amide bonds. The van der Waals surface area contributed by atoms with Crippen molar-refractivity contribution >= 4 is 40.8 Å². The van der Waals surface area contributed by atoms with Gasteiger partial charge in [0.05, 0.1) is 37.6 Å². The predicted molar refractivity (Wildman–Crippen MR) is 99.6 cm³/mol. The third-order valence-corrected chi connectivity index (χ3v) is 3.77. The molecule has 8 nitrogen and oxygen atoms in total. The van der Waals surface area contributed by atoms with E-state index >= 15 is 0 Å². The van der Waals surface area contributed by atoms with Crippen molar-refractivity contribution < 1.29 is 28.6 Å². The van der Waals surface area contributed by atoms with Crippen LogP contribution in [0.25, 0.3) is 0 Å². The molecule has 0 aliphatic rings. The number of carbonyl (C=O) groups excluding carboxylic acids is 3. The van der Waals surface area contributed by atoms with E-state index in [9.17, 15) is 14.4 Å². The minimum atomic E-state index is -0.943. The molecular weight excluding hydrogens is 376 g/mol. The van der Waals surface area contributed by atoms with Crippen LogP contribution in [0.1, 0.15) is 10.4 Å². The standard InChI is InChI=1S/C18H17ClN2O6/c1-25-14-9-13(15(26-2)8-12(14)19)21-17(23)16(22)20-11-6-4-5-10(7-11)18(24)27-3/h4-9H,1-3H3,(H,20,22)(H,21,23). The minimum Gasteiger partial charge on any atom is -0.495 e. The van der Waals surface area contributed by atoms with Crippen molar-refractivity contribution in [3.63, 3.8) is 0 Å². The fraction of sp³-hybridized carbons (Fsp3) is 0.167. The first-order valence-corrected chi connectivity index (χ1v) is 7.99. The minimum absolute atomic E-state index is 0.210. The Hall–Kier alpha value is -3.26. The number of hydrogen-bond acceptors (Lipinski definition) is 6. The second-order valence-electron chi connectivity index (χ2n) is 5.17. The van der Waals surface area contributed by atoms with Gasteiger partial charge in [0.25, 0.3) is 0 Å². The number of benzene rings is 2. The van der Waals surface area contributed by atoms with Gasteiger partial charge in [-0.3, -0.25) is 9.59 Å². The summed E-state index contributed by atoms with van der Waals surface area (Å²) in [6.07, 6.45) is 0. The summed E-state index contributed by atoms with van der Waals surface area (Å²) in [4.78, 5) is 35.9. The van der Waals surface area contributed by atoms with Gasteiger partial charge in [0.2, 0.25) is 0 Å². The first-order valence-electron chi connectivity index (χ1n) is 7.61. The van der Waals surface area contributed by atoms with Crippen molar-refractivity contribution in [3.8, 4) is 11.5 Å². The largest absolute Gasteiger partial charge is 0.495 e. The van der Waals surface area contributed by atoms with Gasteiger partial charge in [-0.1, -0.05) is 17.7 Å². The Morgan fingerprint density at radius 1 is 0.889 bits per heavy atom. The van der Waals surface area contributed by atoms with Crippen LogP contribution in [0, 0.1) is 0 Å². The zero-order valence-electron chi connectivity index (χ0n) is 14.8. The summed E-state index contributed by atoms with van der Waals surface area (Å²) in [5.74, 6) is -1.88. The topological polar surface area (TPSA) is 103 Å². The van der Waals surface area contributed by atoms with Gasteiger partial charge < -0.3 is 24.8 Å². The number of amides is 2. The lowest BCUT2D eigenvalue weighted by molar-refractivity contribution is -0.133. The van der Waals surface area contributed by atoms with E-state index in [1.54, 1.807) is 6.07 Å². The summed E-state index contributed by atoms with van der Waals surface area (Å²) >= 11 is 6.00. The van der Waals surface area contributed by atoms with Crippen LogP contribution >= 0.6 is 11.6 Å². The molecule has 0 aliphatic carbocycles. The number of ether oxygens (including phenoxy) is 3. The molecular formula is C18H17ClN2O6. The Labute approximate surface area is 160 Å². The zero-order valence-corrected chi connectivity index (χ0v) is 15.5. The maximum absolute atomic E-state index is 12.2. The highest BCUT2D eigenvalue weighted by Crippen LogP contribution is 2.35. The van der Waals surface area contributed by atoms with Crippen LogP contribution in [-0.2, 0) is 14.3 Å². The third kappa shape index (κ3) is 4.89. The number of halogens is 1. The van der Waals surface area contributed by atoms with Gasteiger partial charge in [-0.2, -0.15) is 0 Å². The number of esters is 1. The van der Waals surface area contributed by atoms with Crippen molar-refractivity contribution in [2.75, 3.05) is 32.0 Å². The molecule has 27 heavy (non-hydrogen) atoms. The summed E-state index contributed by atoms with van der Waals surface area (Å²) in [5, 5.41) is 5.12. The Morgan fingerprint density at radius 2 is 1.56 bits per heavy atom. The second kappa shape index (κ2) is 8.91. The van der Waals surface area contributed by atoms with Gasteiger partial charge >= 0.3 is 17.8 Å². The Balaban J connectivity index is 2.15. The molecule has 0 spiro atoms. The molecule has 2 rings (SSSR count). The van der Waals surface area contributed by atoms with Gasteiger partial charge in [-0.15, -0.1) is 0 Å². The predicted octanol–water partition coefficient (Wildman–Crippen LogP) is 2.72. The number of methoxy groups -OCH3 is 3. The average molecular weight is 393 g/mol. The molecule has 0 atom stereocenters. The van der Waals surface area contributed by atoms with Gasteiger partial charge in [0.1, 0.15) is 11.5 Å². The molecule has 2 aromatic rings. The number of carbonyl (C=O) groups is 3. The molecule has 142 valence electrons. The maximum Gasteiger partial charge on any atom is 0.337 e. The van der Waals surface area contributed by atoms with E-state index in [2.05, 4.69) is 15.4 Å². The summed E-state index contributed by atoms with van der Waals surface area (Å²) in [5.41, 5.74) is 0.709. The van der Waals surface area contributed by atoms with Crippen molar-refractivity contribution in [2.45, 2.75) is 0 Å². The molecule has 9 heteroatoms. The van der Waals surface area contributed by atoms with E-state index in [4.69, 9.17) is 21.1 Å². The van der Waals surface area contributed by atoms with E-state index in [0.717, 1.165) is 0 Å². The first-order chi connectivity index (χ1) is 12.9. The fourth-order valence-electron chi connectivity index (χ4n) is 2.17. The molecule has 0 heterocycles. The lowest BCUT2D eigenvalue weighted by Gasteiger charge is -2.13. The highest BCUT2D eigenvalue weighted by molar-refractivity contribution is 6.44. The van der Waals surface area contributed by atoms with Crippen LogP contribution in [0.3, 0.4) is 0 Å². The molecule has 0 bridgehead atoms. The number of hydrogen-bond donors (Lipinski definition) is 2. The number of rotatable bonds is 5. The van der Waals surface area contributed by atoms with Crippen LogP contribution in [0.5, 0.6) is 11.5 Å². The zero-order chi connectivity index (χ0) is 20.0. The van der Waals surface area contributed by atoms with Gasteiger partial charge in [-0.25, -0.2) is 4.79 Å². The van der Waals surface area contributed by atoms with Crippen LogP contribution in [0.15, 0.2) is 36.4 Å². The Kier molecular flexibility index (Phi) is 6.62. The molecule has 2 N–H and O–H groups in total. The SMILES string of the molecule is COC(=O)c1cccc(NC(=O)C(=O)Nc2cc(OC)c(Cl)cc2OC)c1. The maximum atomic E-state index is 12.2. The quantitative estimate of drug-likeness (QED) is 0.599. The summed E-state index contributed by atoms with van der Waals surface area (Å²) in [6, 6.07) is 8.88. The Bertz CT molecular complexity index is 884.